The number of aromatic hydroxyl groups is 4. The molecule has 0 aromatic heterocycles. The van der Waals surface area contributed by atoms with Crippen LogP contribution < -0.4 is 4.74 Å². The van der Waals surface area contributed by atoms with Crippen molar-refractivity contribution in [3.05, 3.63) is 76.3 Å². The van der Waals surface area contributed by atoms with Crippen molar-refractivity contribution in [3.8, 4) is 28.7 Å². The quantitative estimate of drug-likeness (QED) is 0.236. The molecule has 0 radical (unpaired) electrons. The molecule has 0 saturated carbocycles. The summed E-state index contributed by atoms with van der Waals surface area (Å²) in [5.41, 5.74) is -2.03. The molecule has 3 aromatic carbocycles. The van der Waals surface area contributed by atoms with Crippen molar-refractivity contribution in [1.29, 1.82) is 0 Å². The van der Waals surface area contributed by atoms with E-state index in [2.05, 4.69) is 0 Å². The van der Waals surface area contributed by atoms with E-state index >= 15 is 0 Å². The fourth-order valence-electron chi connectivity index (χ4n) is 3.05. The molecule has 5 rings (SSSR count). The maximum Gasteiger partial charge on any atom is 0.347 e. The number of benzene rings is 3. The van der Waals surface area contributed by atoms with E-state index in [9.17, 15) is 34.8 Å². The van der Waals surface area contributed by atoms with Crippen LogP contribution in [-0.2, 0) is 0 Å². The Morgan fingerprint density at radius 1 is 0.793 bits per heavy atom. The van der Waals surface area contributed by atoms with Crippen LogP contribution in [0.3, 0.4) is 0 Å². The number of carbonyl (C=O) groups is 3. The van der Waals surface area contributed by atoms with Crippen molar-refractivity contribution >= 4 is 17.5 Å². The Hall–Kier alpha value is -4.33. The van der Waals surface area contributed by atoms with Gasteiger partial charge >= 0.3 is 5.97 Å². The van der Waals surface area contributed by atoms with Gasteiger partial charge in [-0.05, 0) is 30.3 Å². The summed E-state index contributed by atoms with van der Waals surface area (Å²) in [4.78, 5) is 36.9. The van der Waals surface area contributed by atoms with Gasteiger partial charge in [-0.2, -0.15) is 0 Å². The molecule has 8 nitrogen and oxygen atoms in total. The molecule has 0 aliphatic heterocycles. The summed E-state index contributed by atoms with van der Waals surface area (Å²) in [5.74, 6) is -5.13. The van der Waals surface area contributed by atoms with E-state index in [1.165, 1.54) is 12.1 Å². The minimum atomic E-state index is -1.04. The topological polar surface area (TPSA) is 141 Å². The van der Waals surface area contributed by atoms with Crippen LogP contribution in [0, 0.1) is 0 Å². The Morgan fingerprint density at radius 2 is 1.48 bits per heavy atom. The van der Waals surface area contributed by atoms with Crippen molar-refractivity contribution < 1.29 is 39.5 Å². The molecule has 0 amide bonds. The van der Waals surface area contributed by atoms with Gasteiger partial charge in [0.2, 0.25) is 11.6 Å². The predicted molar refractivity (Wildman–Crippen MR) is 97.8 cm³/mol. The maximum absolute atomic E-state index is 12.8. The SMILES string of the molecule is O=C(Oc1ccccc1)c1ccc(O)c(C(=O)c2cc3c(O)c(c2O)C3=O)c1O. The number of phenolic OH excluding ortho intramolecular Hbond substituents is 4. The van der Waals surface area contributed by atoms with Crippen molar-refractivity contribution in [2.24, 2.45) is 0 Å². The molecule has 4 N–H and O–H groups in total. The first-order valence-electron chi connectivity index (χ1n) is 8.31. The Bertz CT molecular complexity index is 1210. The van der Waals surface area contributed by atoms with Crippen molar-refractivity contribution in [3.63, 3.8) is 0 Å². The molecule has 29 heavy (non-hydrogen) atoms. The van der Waals surface area contributed by atoms with Crippen LogP contribution in [0.4, 0.5) is 0 Å². The zero-order chi connectivity index (χ0) is 20.9. The molecule has 0 atom stereocenters. The number of esters is 1. The molecule has 0 saturated heterocycles. The summed E-state index contributed by atoms with van der Waals surface area (Å²) >= 11 is 0. The highest BCUT2D eigenvalue weighted by atomic mass is 16.5. The van der Waals surface area contributed by atoms with Gasteiger partial charge in [-0.25, -0.2) is 4.79 Å². The third-order valence-electron chi connectivity index (χ3n) is 4.55. The van der Waals surface area contributed by atoms with Gasteiger partial charge in [-0.3, -0.25) is 9.59 Å². The number of hydrogen-bond acceptors (Lipinski definition) is 8. The largest absolute Gasteiger partial charge is 0.507 e. The van der Waals surface area contributed by atoms with E-state index in [1.54, 1.807) is 18.2 Å². The fourth-order valence-corrected chi connectivity index (χ4v) is 3.05. The summed E-state index contributed by atoms with van der Waals surface area (Å²) in [5, 5.41) is 40.3. The average Bonchev–Trinajstić information content (AvgIpc) is 2.69. The maximum atomic E-state index is 12.8. The molecule has 144 valence electrons. The number of phenols is 4. The number of fused-ring (bicyclic) bond motifs is 2. The van der Waals surface area contributed by atoms with Crippen LogP contribution in [-0.4, -0.2) is 38.0 Å². The molecule has 8 heteroatoms. The van der Waals surface area contributed by atoms with E-state index in [4.69, 9.17) is 4.74 Å². The summed E-state index contributed by atoms with van der Waals surface area (Å²) in [6.07, 6.45) is 0. The first-order chi connectivity index (χ1) is 13.8. The number of carbonyl (C=O) groups excluding carboxylic acids is 3. The minimum Gasteiger partial charge on any atom is -0.507 e. The van der Waals surface area contributed by atoms with E-state index in [1.807, 2.05) is 0 Å². The average molecular weight is 392 g/mol. The van der Waals surface area contributed by atoms with Gasteiger partial charge in [-0.1, -0.05) is 18.2 Å². The molecular formula is C21H12O8. The number of rotatable bonds is 4. The highest BCUT2D eigenvalue weighted by Crippen LogP contribution is 2.46. The molecule has 2 aliphatic carbocycles. The van der Waals surface area contributed by atoms with Gasteiger partial charge < -0.3 is 25.2 Å². The zero-order valence-corrected chi connectivity index (χ0v) is 14.5. The predicted octanol–water partition coefficient (Wildman–Crippen LogP) is 2.50. The molecule has 0 unspecified atom stereocenters. The van der Waals surface area contributed by atoms with Crippen LogP contribution in [0.15, 0.2) is 48.5 Å². The lowest BCUT2D eigenvalue weighted by atomic mass is 9.83. The molecule has 2 aliphatic rings. The second kappa shape index (κ2) is 6.38. The normalized spacial score (nSPS) is 11.7. The smallest absolute Gasteiger partial charge is 0.347 e. The van der Waals surface area contributed by atoms with Gasteiger partial charge in [0.15, 0.2) is 0 Å². The van der Waals surface area contributed by atoms with Crippen LogP contribution >= 0.6 is 0 Å². The Labute approximate surface area is 162 Å². The third-order valence-corrected chi connectivity index (χ3v) is 4.55. The zero-order valence-electron chi connectivity index (χ0n) is 14.5. The first kappa shape index (κ1) is 18.1. The standard InChI is InChI=1S/C21H12O8/c22-13-7-6-10(21(28)29-9-4-2-1-3-5-9)16(23)14(13)17(24)11-8-12-19(26)15(18(11)25)20(12)27/h1-8,22-23,25-26H. The van der Waals surface area contributed by atoms with Crippen LogP contribution in [0.5, 0.6) is 28.7 Å². The molecule has 0 fully saturated rings. The van der Waals surface area contributed by atoms with Gasteiger partial charge in [0.25, 0.3) is 0 Å². The summed E-state index contributed by atoms with van der Waals surface area (Å²) in [6, 6.07) is 11.1. The van der Waals surface area contributed by atoms with Crippen LogP contribution in [0.25, 0.3) is 0 Å². The van der Waals surface area contributed by atoms with Crippen LogP contribution in [0.1, 0.15) is 42.2 Å². The van der Waals surface area contributed by atoms with E-state index in [-0.39, 0.29) is 16.9 Å². The summed E-state index contributed by atoms with van der Waals surface area (Å²) in [7, 11) is 0. The highest BCUT2D eigenvalue weighted by molar-refractivity contribution is 6.27. The van der Waals surface area contributed by atoms with Crippen molar-refractivity contribution in [1.82, 2.24) is 0 Å². The van der Waals surface area contributed by atoms with Gasteiger partial charge in [0.1, 0.15) is 45.4 Å². The molecule has 0 spiro atoms. The fraction of sp³-hybridized carbons (Fsp3) is 0. The molecule has 3 aromatic rings. The summed E-state index contributed by atoms with van der Waals surface area (Å²) < 4.78 is 5.12. The third kappa shape index (κ3) is 2.66. The molecular weight excluding hydrogens is 380 g/mol. The highest BCUT2D eigenvalue weighted by Gasteiger charge is 2.38. The number of para-hydroxylation sites is 1. The van der Waals surface area contributed by atoms with Gasteiger partial charge in [-0.15, -0.1) is 0 Å². The molecule has 2 bridgehead atoms. The lowest BCUT2D eigenvalue weighted by Gasteiger charge is -2.21. The summed E-state index contributed by atoms with van der Waals surface area (Å²) in [6.45, 7) is 0. The number of ketones is 2. The Morgan fingerprint density at radius 3 is 2.10 bits per heavy atom. The van der Waals surface area contributed by atoms with E-state index in [0.717, 1.165) is 18.2 Å². The number of hydrogen-bond donors (Lipinski definition) is 4. The van der Waals surface area contributed by atoms with Crippen LogP contribution in [0.2, 0.25) is 0 Å². The number of ether oxygens (including phenoxy) is 1. The van der Waals surface area contributed by atoms with Gasteiger partial charge in [0.05, 0.1) is 11.1 Å². The van der Waals surface area contributed by atoms with Crippen molar-refractivity contribution in [2.75, 3.05) is 0 Å². The monoisotopic (exact) mass is 392 g/mol. The van der Waals surface area contributed by atoms with Crippen molar-refractivity contribution in [2.45, 2.75) is 0 Å². The second-order valence-corrected chi connectivity index (χ2v) is 6.26. The van der Waals surface area contributed by atoms with E-state index < -0.39 is 57.2 Å². The Kier molecular flexibility index (Phi) is 3.97. The molecule has 0 heterocycles. The second-order valence-electron chi connectivity index (χ2n) is 6.26. The minimum absolute atomic E-state index is 0.167. The first-order valence-corrected chi connectivity index (χ1v) is 8.31. The van der Waals surface area contributed by atoms with E-state index in [0.29, 0.717) is 0 Å². The Balaban J connectivity index is 1.74. The van der Waals surface area contributed by atoms with Gasteiger partial charge in [0, 0.05) is 0 Å². The lowest BCUT2D eigenvalue weighted by Crippen LogP contribution is -2.18. The lowest BCUT2D eigenvalue weighted by molar-refractivity contribution is 0.0731.